The molecule has 0 radical (unpaired) electrons. The Morgan fingerprint density at radius 2 is 1.61 bits per heavy atom. The number of Topliss-reactive ketones (excluding diaryl/α,β-unsaturated/α-hetero) is 1. The van der Waals surface area contributed by atoms with E-state index in [0.717, 1.165) is 11.6 Å². The number of carbonyl (C=O) groups excluding carboxylic acids is 2. The lowest BCUT2D eigenvalue weighted by atomic mass is 9.86. The molecule has 0 amide bonds. The van der Waals surface area contributed by atoms with Gasteiger partial charge in [-0.25, -0.2) is 4.79 Å². The Kier molecular flexibility index (Phi) is 6.18. The summed E-state index contributed by atoms with van der Waals surface area (Å²) in [5.41, 5.74) is 1.08. The van der Waals surface area contributed by atoms with Crippen LogP contribution in [-0.2, 0) is 10.2 Å². The number of nitro benzene ring substituents is 1. The number of methoxy groups -OCH3 is 1. The monoisotopic (exact) mass is 385 g/mol. The molecule has 0 heterocycles. The zero-order valence-corrected chi connectivity index (χ0v) is 16.5. The van der Waals surface area contributed by atoms with Crippen LogP contribution in [0.25, 0.3) is 0 Å². The van der Waals surface area contributed by atoms with Gasteiger partial charge in [-0.2, -0.15) is 0 Å². The lowest BCUT2D eigenvalue weighted by Gasteiger charge is -2.19. The minimum absolute atomic E-state index is 0.0320. The number of ketones is 1. The first-order valence-electron chi connectivity index (χ1n) is 8.72. The maximum atomic E-state index is 12.5. The first-order valence-corrected chi connectivity index (χ1v) is 8.72. The second-order valence-electron chi connectivity index (χ2n) is 7.38. The first-order chi connectivity index (χ1) is 13.0. The number of ether oxygens (including phenoxy) is 2. The number of rotatable bonds is 6. The Bertz CT molecular complexity index is 896. The van der Waals surface area contributed by atoms with Crippen LogP contribution >= 0.6 is 0 Å². The SMILES string of the molecule is COc1ccc(C(=O)O[C@@H](C)C(=O)c2ccc(C(C)(C)C)cc2)cc1[N+](=O)[O-]. The Labute approximate surface area is 163 Å². The van der Waals surface area contributed by atoms with Gasteiger partial charge in [-0.1, -0.05) is 45.0 Å². The van der Waals surface area contributed by atoms with Gasteiger partial charge < -0.3 is 9.47 Å². The summed E-state index contributed by atoms with van der Waals surface area (Å²) in [6.07, 6.45) is -1.03. The van der Waals surface area contributed by atoms with Gasteiger partial charge in [0.25, 0.3) is 0 Å². The van der Waals surface area contributed by atoms with Crippen molar-refractivity contribution >= 4 is 17.4 Å². The average molecular weight is 385 g/mol. The fourth-order valence-electron chi connectivity index (χ4n) is 2.61. The third-order valence-electron chi connectivity index (χ3n) is 4.30. The summed E-state index contributed by atoms with van der Waals surface area (Å²) in [5, 5.41) is 11.1. The zero-order valence-electron chi connectivity index (χ0n) is 16.5. The molecule has 0 saturated carbocycles. The van der Waals surface area contributed by atoms with Crippen LogP contribution in [0.4, 0.5) is 5.69 Å². The Balaban J connectivity index is 2.14. The molecule has 2 rings (SSSR count). The van der Waals surface area contributed by atoms with Crippen LogP contribution < -0.4 is 4.74 Å². The van der Waals surface area contributed by atoms with Gasteiger partial charge in [-0.15, -0.1) is 0 Å². The van der Waals surface area contributed by atoms with Crippen LogP contribution in [0.5, 0.6) is 5.75 Å². The van der Waals surface area contributed by atoms with Gasteiger partial charge in [0, 0.05) is 11.6 Å². The summed E-state index contributed by atoms with van der Waals surface area (Å²) in [6.45, 7) is 7.68. The third-order valence-corrected chi connectivity index (χ3v) is 4.30. The highest BCUT2D eigenvalue weighted by Gasteiger charge is 2.24. The molecule has 148 valence electrons. The number of hydrogen-bond acceptors (Lipinski definition) is 6. The van der Waals surface area contributed by atoms with Crippen molar-refractivity contribution in [3.05, 3.63) is 69.3 Å². The standard InChI is InChI=1S/C21H23NO6/c1-13(19(23)14-6-9-16(10-7-14)21(2,3)4)28-20(24)15-8-11-18(27-5)17(12-15)22(25)26/h6-13H,1-5H3/t13-/m0/s1. The number of nitro groups is 1. The van der Waals surface area contributed by atoms with Crippen LogP contribution in [0.1, 0.15) is 54.0 Å². The number of benzene rings is 2. The zero-order chi connectivity index (χ0) is 21.1. The molecule has 0 aliphatic heterocycles. The van der Waals surface area contributed by atoms with Crippen LogP contribution in [-0.4, -0.2) is 29.9 Å². The Hall–Kier alpha value is -3.22. The second kappa shape index (κ2) is 8.21. The maximum Gasteiger partial charge on any atom is 0.339 e. The van der Waals surface area contributed by atoms with Gasteiger partial charge in [-0.3, -0.25) is 14.9 Å². The predicted molar refractivity (Wildman–Crippen MR) is 104 cm³/mol. The highest BCUT2D eigenvalue weighted by atomic mass is 16.6. The van der Waals surface area contributed by atoms with E-state index < -0.39 is 17.0 Å². The summed E-state index contributed by atoms with van der Waals surface area (Å²) >= 11 is 0. The van der Waals surface area contributed by atoms with Gasteiger partial charge in [-0.05, 0) is 30.0 Å². The van der Waals surface area contributed by atoms with E-state index in [9.17, 15) is 19.7 Å². The maximum absolute atomic E-state index is 12.5. The molecule has 0 spiro atoms. The molecule has 1 atom stereocenters. The smallest absolute Gasteiger partial charge is 0.339 e. The Morgan fingerprint density at radius 1 is 1.04 bits per heavy atom. The van der Waals surface area contributed by atoms with E-state index in [4.69, 9.17) is 9.47 Å². The van der Waals surface area contributed by atoms with Crippen LogP contribution in [0.15, 0.2) is 42.5 Å². The first kappa shape index (κ1) is 21.1. The summed E-state index contributed by atoms with van der Waals surface area (Å²) in [6, 6.07) is 10.9. The molecule has 0 aliphatic carbocycles. The van der Waals surface area contributed by atoms with Crippen molar-refractivity contribution in [3.8, 4) is 5.75 Å². The fraction of sp³-hybridized carbons (Fsp3) is 0.333. The molecule has 7 nitrogen and oxygen atoms in total. The summed E-state index contributed by atoms with van der Waals surface area (Å²) in [5.74, 6) is -1.14. The van der Waals surface area contributed by atoms with Crippen molar-refractivity contribution in [3.63, 3.8) is 0 Å². The van der Waals surface area contributed by atoms with E-state index in [2.05, 4.69) is 20.8 Å². The second-order valence-corrected chi connectivity index (χ2v) is 7.38. The van der Waals surface area contributed by atoms with E-state index in [-0.39, 0.29) is 28.2 Å². The molecule has 0 N–H and O–H groups in total. The van der Waals surface area contributed by atoms with Crippen molar-refractivity contribution < 1.29 is 24.0 Å². The average Bonchev–Trinajstić information content (AvgIpc) is 2.66. The number of hydrogen-bond donors (Lipinski definition) is 0. The van der Waals surface area contributed by atoms with Crippen molar-refractivity contribution in [1.29, 1.82) is 0 Å². The van der Waals surface area contributed by atoms with E-state index in [0.29, 0.717) is 5.56 Å². The van der Waals surface area contributed by atoms with Crippen LogP contribution in [0, 0.1) is 10.1 Å². The van der Waals surface area contributed by atoms with Gasteiger partial charge in [0.2, 0.25) is 5.78 Å². The highest BCUT2D eigenvalue weighted by molar-refractivity contribution is 6.01. The van der Waals surface area contributed by atoms with E-state index >= 15 is 0 Å². The topological polar surface area (TPSA) is 95.7 Å². The highest BCUT2D eigenvalue weighted by Crippen LogP contribution is 2.28. The molecular weight excluding hydrogens is 362 g/mol. The predicted octanol–water partition coefficient (Wildman–Crippen LogP) is 4.33. The van der Waals surface area contributed by atoms with Gasteiger partial charge in [0.05, 0.1) is 17.6 Å². The number of esters is 1. The number of nitrogens with zero attached hydrogens (tertiary/aromatic N) is 1. The van der Waals surface area contributed by atoms with Crippen molar-refractivity contribution in [2.24, 2.45) is 0 Å². The van der Waals surface area contributed by atoms with E-state index in [1.54, 1.807) is 12.1 Å². The van der Waals surface area contributed by atoms with E-state index in [1.165, 1.54) is 26.2 Å². The van der Waals surface area contributed by atoms with Gasteiger partial charge >= 0.3 is 11.7 Å². The van der Waals surface area contributed by atoms with Crippen molar-refractivity contribution in [1.82, 2.24) is 0 Å². The molecule has 0 saturated heterocycles. The minimum Gasteiger partial charge on any atom is -0.490 e. The number of carbonyl (C=O) groups is 2. The van der Waals surface area contributed by atoms with Crippen molar-refractivity contribution in [2.45, 2.75) is 39.2 Å². The largest absolute Gasteiger partial charge is 0.490 e. The molecule has 2 aromatic carbocycles. The molecule has 7 heteroatoms. The van der Waals surface area contributed by atoms with Gasteiger partial charge in [0.1, 0.15) is 0 Å². The molecular formula is C21H23NO6. The van der Waals surface area contributed by atoms with Crippen molar-refractivity contribution in [2.75, 3.05) is 7.11 Å². The molecule has 0 aromatic heterocycles. The van der Waals surface area contributed by atoms with E-state index in [1.807, 2.05) is 12.1 Å². The molecule has 0 bridgehead atoms. The Morgan fingerprint density at radius 3 is 2.11 bits per heavy atom. The quantitative estimate of drug-likeness (QED) is 0.318. The molecule has 0 unspecified atom stereocenters. The normalized spacial score (nSPS) is 12.2. The molecule has 28 heavy (non-hydrogen) atoms. The summed E-state index contributed by atoms with van der Waals surface area (Å²) in [7, 11) is 1.30. The van der Waals surface area contributed by atoms with Crippen LogP contribution in [0.2, 0.25) is 0 Å². The van der Waals surface area contributed by atoms with Crippen LogP contribution in [0.3, 0.4) is 0 Å². The molecule has 0 fully saturated rings. The third kappa shape index (κ3) is 4.73. The molecule has 0 aliphatic rings. The summed E-state index contributed by atoms with van der Waals surface area (Å²) < 4.78 is 10.1. The van der Waals surface area contributed by atoms with Gasteiger partial charge in [0.15, 0.2) is 11.9 Å². The summed E-state index contributed by atoms with van der Waals surface area (Å²) in [4.78, 5) is 35.3. The minimum atomic E-state index is -1.03. The molecule has 2 aromatic rings. The fourth-order valence-corrected chi connectivity index (χ4v) is 2.61. The lowest BCUT2D eigenvalue weighted by Crippen LogP contribution is -2.24. The lowest BCUT2D eigenvalue weighted by molar-refractivity contribution is -0.385.